The summed E-state index contributed by atoms with van der Waals surface area (Å²) < 4.78 is 161. The van der Waals surface area contributed by atoms with E-state index in [2.05, 4.69) is 0 Å². The molecule has 0 saturated carbocycles. The zero-order chi connectivity index (χ0) is 36.0. The van der Waals surface area contributed by atoms with E-state index in [0.717, 1.165) is 6.07 Å². The topological polar surface area (TPSA) is 0 Å². The van der Waals surface area contributed by atoms with E-state index >= 15 is 0 Å². The first-order valence-electron chi connectivity index (χ1n) is 17.7. The second-order valence-electron chi connectivity index (χ2n) is 5.57. The molecule has 0 spiro atoms. The average molecular weight is 408 g/mol. The summed E-state index contributed by atoms with van der Waals surface area (Å²) in [7, 11) is 0. The lowest BCUT2D eigenvalue weighted by Crippen LogP contribution is -1.85. The second kappa shape index (κ2) is 7.90. The van der Waals surface area contributed by atoms with Gasteiger partial charge in [0.1, 0.15) is 0 Å². The van der Waals surface area contributed by atoms with Crippen LogP contribution in [0.4, 0.5) is 0 Å². The summed E-state index contributed by atoms with van der Waals surface area (Å²) in [5, 5.41) is 0. The monoisotopic (exact) mass is 407 g/mol. The maximum absolute atomic E-state index is 8.81. The highest BCUT2D eigenvalue weighted by atomic mass is 32.1. The molecule has 29 heavy (non-hydrogen) atoms. The SMILES string of the molecule is [2H]c1cc([2H])c(-c2sc(-c3c([2H])c([2H])c([2H])c([2H])c3[2H])c(-c3c([2H])c([2H])c([2H])c([2H])c3[2H])c2-c2c([2H])c([2H])c([2H])c([2H])c2[2H])c([2H])c1[2H]. The average Bonchev–Trinajstić information content (AvgIpc) is 3.40. The fourth-order valence-corrected chi connectivity index (χ4v) is 4.01. The summed E-state index contributed by atoms with van der Waals surface area (Å²) in [6, 6.07) is -13.7. The van der Waals surface area contributed by atoms with Crippen LogP contribution in [0, 0.1) is 0 Å². The van der Waals surface area contributed by atoms with Gasteiger partial charge in [0.2, 0.25) is 0 Å². The van der Waals surface area contributed by atoms with E-state index in [1.165, 1.54) is 0 Å². The van der Waals surface area contributed by atoms with Gasteiger partial charge in [0, 0.05) is 20.9 Å². The van der Waals surface area contributed by atoms with E-state index in [9.17, 15) is 0 Å². The number of thiophene rings is 1. The summed E-state index contributed by atoms with van der Waals surface area (Å²) in [6.45, 7) is 0. The third-order valence-corrected chi connectivity index (χ3v) is 5.14. The molecule has 0 amide bonds. The predicted octanol–water partition coefficient (Wildman–Crippen LogP) is 8.42. The number of benzene rings is 4. The lowest BCUT2D eigenvalue weighted by molar-refractivity contribution is 1.61. The quantitative estimate of drug-likeness (QED) is 0.280. The predicted molar refractivity (Wildman–Crippen MR) is 126 cm³/mol. The molecule has 0 aliphatic heterocycles. The van der Waals surface area contributed by atoms with Gasteiger partial charge in [-0.3, -0.25) is 0 Å². The van der Waals surface area contributed by atoms with Gasteiger partial charge in [0.15, 0.2) is 0 Å². The molecule has 138 valence electrons. The van der Waals surface area contributed by atoms with Gasteiger partial charge in [-0.25, -0.2) is 0 Å². The maximum atomic E-state index is 8.81. The molecule has 0 bridgehead atoms. The minimum absolute atomic E-state index is 0.305. The fourth-order valence-electron chi connectivity index (χ4n) is 2.78. The molecule has 0 N–H and O–H groups in total. The Morgan fingerprint density at radius 1 is 0.414 bits per heavy atom. The van der Waals surface area contributed by atoms with Crippen molar-refractivity contribution < 1.29 is 26.0 Å². The van der Waals surface area contributed by atoms with E-state index in [0.29, 0.717) is 11.3 Å². The van der Waals surface area contributed by atoms with E-state index in [1.54, 1.807) is 0 Å². The van der Waals surface area contributed by atoms with Crippen molar-refractivity contribution >= 4 is 11.3 Å². The Hall–Kier alpha value is -3.42. The third kappa shape index (κ3) is 3.41. The first-order valence-corrected chi connectivity index (χ1v) is 9.05. The number of rotatable bonds is 4. The van der Waals surface area contributed by atoms with Crippen LogP contribution in [0.15, 0.2) is 121 Å². The van der Waals surface area contributed by atoms with Gasteiger partial charge in [-0.15, -0.1) is 11.3 Å². The van der Waals surface area contributed by atoms with Gasteiger partial charge in [-0.1, -0.05) is 121 Å². The molecule has 0 saturated heterocycles. The Labute approximate surface area is 202 Å². The van der Waals surface area contributed by atoms with Gasteiger partial charge in [0.05, 0.1) is 26.0 Å². The van der Waals surface area contributed by atoms with Crippen LogP contribution >= 0.6 is 11.3 Å². The van der Waals surface area contributed by atoms with Crippen LogP contribution in [-0.2, 0) is 0 Å². The van der Waals surface area contributed by atoms with Crippen molar-refractivity contribution in [3.05, 3.63) is 121 Å². The minimum atomic E-state index is -0.841. The standard InChI is InChI=1S/C28H20S/c1-5-13-21(14-6-1)25-26(22-15-7-2-8-16-22)28(24-19-11-4-12-20-24)29-27(25)23-17-9-3-10-18-23/h1-20H/i1D,2D,3D,4D,5D,6D,7D,8D,9D,10D,11D,13D,14D,15D,16D,17D,18D,19D,20D. The molecule has 4 aromatic carbocycles. The van der Waals surface area contributed by atoms with Crippen LogP contribution in [0.1, 0.15) is 26.0 Å². The van der Waals surface area contributed by atoms with Crippen molar-refractivity contribution in [2.45, 2.75) is 0 Å². The molecule has 0 unspecified atom stereocenters. The highest BCUT2D eigenvalue weighted by molar-refractivity contribution is 7.20. The van der Waals surface area contributed by atoms with Gasteiger partial charge in [-0.2, -0.15) is 0 Å². The van der Waals surface area contributed by atoms with Crippen LogP contribution < -0.4 is 0 Å². The highest BCUT2D eigenvalue weighted by Crippen LogP contribution is 2.51. The van der Waals surface area contributed by atoms with Crippen LogP contribution in [0.3, 0.4) is 0 Å². The molecule has 5 rings (SSSR count). The normalized spacial score (nSPS) is 19.9. The van der Waals surface area contributed by atoms with E-state index in [-0.39, 0.29) is 9.75 Å². The van der Waals surface area contributed by atoms with Crippen molar-refractivity contribution in [3.63, 3.8) is 0 Å². The summed E-state index contributed by atoms with van der Waals surface area (Å²) in [5.74, 6) is 0. The van der Waals surface area contributed by atoms with Gasteiger partial charge >= 0.3 is 0 Å². The molecular formula is C28H20S. The van der Waals surface area contributed by atoms with Crippen molar-refractivity contribution in [1.82, 2.24) is 0 Å². The lowest BCUT2D eigenvalue weighted by Gasteiger charge is -2.10. The number of hydrogen-bond donors (Lipinski definition) is 0. The van der Waals surface area contributed by atoms with Gasteiger partial charge in [0.25, 0.3) is 0 Å². The van der Waals surface area contributed by atoms with E-state index < -0.39 is 148 Å². The largest absolute Gasteiger partial charge is 0.134 e. The van der Waals surface area contributed by atoms with Gasteiger partial charge in [-0.05, 0) is 22.3 Å². The van der Waals surface area contributed by atoms with Crippen molar-refractivity contribution in [2.75, 3.05) is 0 Å². The molecule has 0 fully saturated rings. The van der Waals surface area contributed by atoms with E-state index in [4.69, 9.17) is 26.0 Å². The Morgan fingerprint density at radius 2 is 0.793 bits per heavy atom. The van der Waals surface area contributed by atoms with Crippen LogP contribution in [0.5, 0.6) is 0 Å². The maximum Gasteiger partial charge on any atom is 0.0630 e. The molecule has 0 nitrogen and oxygen atoms in total. The zero-order valence-corrected chi connectivity index (χ0v) is 15.3. The van der Waals surface area contributed by atoms with Crippen LogP contribution in [0.25, 0.3) is 43.1 Å². The molecule has 1 heteroatoms. The summed E-state index contributed by atoms with van der Waals surface area (Å²) in [4.78, 5) is -0.664. The smallest absolute Gasteiger partial charge is 0.0630 e. The molecule has 1 heterocycles. The van der Waals surface area contributed by atoms with E-state index in [1.807, 2.05) is 0 Å². The fraction of sp³-hybridized carbons (Fsp3) is 0. The first kappa shape index (κ1) is 6.55. The molecule has 1 aromatic heterocycles. The zero-order valence-electron chi connectivity index (χ0n) is 33.5. The Bertz CT molecular complexity index is 2150. The van der Waals surface area contributed by atoms with Crippen LogP contribution in [0.2, 0.25) is 0 Å². The number of hydrogen-bond acceptors (Lipinski definition) is 1. The van der Waals surface area contributed by atoms with Gasteiger partial charge < -0.3 is 0 Å². The highest BCUT2D eigenvalue weighted by Gasteiger charge is 2.22. The molecule has 0 aliphatic carbocycles. The molecule has 0 atom stereocenters. The summed E-state index contributed by atoms with van der Waals surface area (Å²) in [6.07, 6.45) is 0. The van der Waals surface area contributed by atoms with Crippen LogP contribution in [-0.4, -0.2) is 0 Å². The molecule has 5 aromatic rings. The summed E-state index contributed by atoms with van der Waals surface area (Å²) >= 11 is 0.519. The van der Waals surface area contributed by atoms with Crippen molar-refractivity contribution in [3.8, 4) is 43.1 Å². The lowest BCUT2D eigenvalue weighted by atomic mass is 9.91. The van der Waals surface area contributed by atoms with Crippen molar-refractivity contribution in [2.24, 2.45) is 0 Å². The van der Waals surface area contributed by atoms with Crippen molar-refractivity contribution in [1.29, 1.82) is 0 Å². The molecule has 0 radical (unpaired) electrons. The second-order valence-corrected chi connectivity index (χ2v) is 6.59. The third-order valence-electron chi connectivity index (χ3n) is 3.91. The minimum Gasteiger partial charge on any atom is -0.134 e. The summed E-state index contributed by atoms with van der Waals surface area (Å²) in [5.41, 5.74) is -3.11. The molecular weight excluding hydrogens is 368 g/mol. The first-order chi connectivity index (χ1) is 22.3. The Kier molecular flexibility index (Phi) is 1.79. The molecule has 0 aliphatic rings. The Morgan fingerprint density at radius 3 is 1.28 bits per heavy atom. The Balaban J connectivity index is 2.23.